The van der Waals surface area contributed by atoms with Gasteiger partial charge in [0.25, 0.3) is 5.91 Å². The molecule has 0 bridgehead atoms. The highest BCUT2D eigenvalue weighted by Gasteiger charge is 2.20. The summed E-state index contributed by atoms with van der Waals surface area (Å²) in [5.41, 5.74) is 1.27. The Morgan fingerprint density at radius 1 is 1.44 bits per heavy atom. The van der Waals surface area contributed by atoms with E-state index in [1.54, 1.807) is 25.1 Å². The fourth-order valence-electron chi connectivity index (χ4n) is 1.54. The van der Waals surface area contributed by atoms with Crippen LogP contribution in [0.4, 0.5) is 0 Å². The third-order valence-electron chi connectivity index (χ3n) is 2.64. The first-order chi connectivity index (χ1) is 8.49. The van der Waals surface area contributed by atoms with Gasteiger partial charge in [0.1, 0.15) is 6.04 Å². The monoisotopic (exact) mass is 269 g/mol. The number of rotatable bonds is 4. The van der Waals surface area contributed by atoms with Crippen LogP contribution in [0, 0.1) is 6.92 Å². The largest absolute Gasteiger partial charge is 0.467 e. The Morgan fingerprint density at radius 2 is 2.11 bits per heavy atom. The second-order valence-corrected chi connectivity index (χ2v) is 4.35. The molecule has 98 valence electrons. The van der Waals surface area contributed by atoms with Gasteiger partial charge in [-0.1, -0.05) is 24.6 Å². The van der Waals surface area contributed by atoms with Gasteiger partial charge in [-0.05, 0) is 31.0 Å². The third kappa shape index (κ3) is 3.47. The van der Waals surface area contributed by atoms with Crippen LogP contribution in [0.15, 0.2) is 18.2 Å². The average molecular weight is 270 g/mol. The lowest BCUT2D eigenvalue weighted by Gasteiger charge is -2.15. The van der Waals surface area contributed by atoms with Crippen LogP contribution in [0.2, 0.25) is 5.02 Å². The molecule has 1 atom stereocenters. The number of ether oxygens (including phenoxy) is 1. The van der Waals surface area contributed by atoms with Crippen LogP contribution in [-0.4, -0.2) is 25.0 Å². The Kier molecular flexibility index (Phi) is 5.16. The lowest BCUT2D eigenvalue weighted by atomic mass is 10.1. The van der Waals surface area contributed by atoms with Crippen LogP contribution in [-0.2, 0) is 9.53 Å². The summed E-state index contributed by atoms with van der Waals surface area (Å²) in [7, 11) is 1.29. The van der Waals surface area contributed by atoms with Crippen molar-refractivity contribution in [2.45, 2.75) is 26.3 Å². The molecule has 0 saturated heterocycles. The molecule has 0 radical (unpaired) electrons. The molecule has 0 aliphatic carbocycles. The van der Waals surface area contributed by atoms with Gasteiger partial charge < -0.3 is 10.1 Å². The van der Waals surface area contributed by atoms with Gasteiger partial charge in [-0.15, -0.1) is 0 Å². The van der Waals surface area contributed by atoms with Crippen molar-refractivity contribution < 1.29 is 14.3 Å². The van der Waals surface area contributed by atoms with Crippen molar-refractivity contribution in [1.82, 2.24) is 5.32 Å². The molecule has 1 aromatic carbocycles. The van der Waals surface area contributed by atoms with E-state index in [9.17, 15) is 9.59 Å². The normalized spacial score (nSPS) is 11.8. The van der Waals surface area contributed by atoms with Crippen LogP contribution in [0.3, 0.4) is 0 Å². The van der Waals surface area contributed by atoms with Crippen molar-refractivity contribution in [2.24, 2.45) is 0 Å². The smallest absolute Gasteiger partial charge is 0.328 e. The number of benzene rings is 1. The molecule has 1 amide bonds. The van der Waals surface area contributed by atoms with Crippen LogP contribution in [0.25, 0.3) is 0 Å². The Labute approximate surface area is 111 Å². The standard InChI is InChI=1S/C13H16ClNO3/c1-4-11(13(17)18-3)15-12(16)10-7-9(14)6-5-8(10)2/h5-7,11H,4H2,1-3H3,(H,15,16). The zero-order valence-electron chi connectivity index (χ0n) is 10.6. The van der Waals surface area contributed by atoms with E-state index in [0.717, 1.165) is 5.56 Å². The summed E-state index contributed by atoms with van der Waals surface area (Å²) < 4.78 is 4.61. The summed E-state index contributed by atoms with van der Waals surface area (Å²) in [6.45, 7) is 3.61. The molecule has 0 fully saturated rings. The van der Waals surface area contributed by atoms with E-state index in [0.29, 0.717) is 17.0 Å². The Hall–Kier alpha value is -1.55. The predicted octanol–water partition coefficient (Wildman–Crippen LogP) is 2.33. The maximum absolute atomic E-state index is 12.0. The summed E-state index contributed by atoms with van der Waals surface area (Å²) in [6, 6.07) is 4.42. The minimum atomic E-state index is -0.638. The molecule has 1 N–H and O–H groups in total. The highest BCUT2D eigenvalue weighted by atomic mass is 35.5. The first-order valence-corrected chi connectivity index (χ1v) is 6.02. The van der Waals surface area contributed by atoms with Gasteiger partial charge in [-0.2, -0.15) is 0 Å². The summed E-state index contributed by atoms with van der Waals surface area (Å²) in [6.07, 6.45) is 0.470. The Bertz CT molecular complexity index is 460. The molecule has 5 heteroatoms. The van der Waals surface area contributed by atoms with Crippen LogP contribution in [0.5, 0.6) is 0 Å². The SMILES string of the molecule is CCC(NC(=O)c1cc(Cl)ccc1C)C(=O)OC. The van der Waals surface area contributed by atoms with Crippen molar-refractivity contribution in [3.05, 3.63) is 34.3 Å². The lowest BCUT2D eigenvalue weighted by Crippen LogP contribution is -2.41. The molecule has 4 nitrogen and oxygen atoms in total. The van der Waals surface area contributed by atoms with E-state index in [4.69, 9.17) is 11.6 Å². The highest BCUT2D eigenvalue weighted by Crippen LogP contribution is 2.15. The number of methoxy groups -OCH3 is 1. The lowest BCUT2D eigenvalue weighted by molar-refractivity contribution is -0.142. The quantitative estimate of drug-likeness (QED) is 0.854. The van der Waals surface area contributed by atoms with Crippen molar-refractivity contribution >= 4 is 23.5 Å². The maximum atomic E-state index is 12.0. The molecule has 1 aromatic rings. The second kappa shape index (κ2) is 6.40. The van der Waals surface area contributed by atoms with Gasteiger partial charge in [-0.25, -0.2) is 4.79 Å². The number of esters is 1. The molecule has 1 rings (SSSR count). The molecule has 1 unspecified atom stereocenters. The van der Waals surface area contributed by atoms with Gasteiger partial charge >= 0.3 is 5.97 Å². The van der Waals surface area contributed by atoms with E-state index in [2.05, 4.69) is 10.1 Å². The van der Waals surface area contributed by atoms with E-state index in [1.807, 2.05) is 6.92 Å². The highest BCUT2D eigenvalue weighted by molar-refractivity contribution is 6.31. The molecule has 0 aromatic heterocycles. The van der Waals surface area contributed by atoms with E-state index in [1.165, 1.54) is 7.11 Å². The minimum absolute atomic E-state index is 0.327. The fourth-order valence-corrected chi connectivity index (χ4v) is 1.72. The van der Waals surface area contributed by atoms with Crippen LogP contribution < -0.4 is 5.32 Å². The Balaban J connectivity index is 2.87. The molecular weight excluding hydrogens is 254 g/mol. The molecular formula is C13H16ClNO3. The summed E-state index contributed by atoms with van der Waals surface area (Å²) in [4.78, 5) is 23.4. The zero-order valence-corrected chi connectivity index (χ0v) is 11.4. The number of halogens is 1. The number of hydrogen-bond acceptors (Lipinski definition) is 3. The van der Waals surface area contributed by atoms with Crippen LogP contribution in [0.1, 0.15) is 29.3 Å². The van der Waals surface area contributed by atoms with Crippen molar-refractivity contribution in [3.63, 3.8) is 0 Å². The number of nitrogens with one attached hydrogen (secondary N) is 1. The van der Waals surface area contributed by atoms with E-state index >= 15 is 0 Å². The van der Waals surface area contributed by atoms with E-state index in [-0.39, 0.29) is 5.91 Å². The number of hydrogen-bond donors (Lipinski definition) is 1. The first kappa shape index (κ1) is 14.5. The number of carbonyl (C=O) groups is 2. The van der Waals surface area contributed by atoms with Gasteiger partial charge in [-0.3, -0.25) is 4.79 Å². The van der Waals surface area contributed by atoms with Gasteiger partial charge in [0.05, 0.1) is 7.11 Å². The zero-order chi connectivity index (χ0) is 13.7. The summed E-state index contributed by atoms with van der Waals surface area (Å²) in [5.74, 6) is -0.780. The van der Waals surface area contributed by atoms with Gasteiger partial charge in [0.2, 0.25) is 0 Å². The van der Waals surface area contributed by atoms with Crippen molar-refractivity contribution in [3.8, 4) is 0 Å². The predicted molar refractivity (Wildman–Crippen MR) is 69.8 cm³/mol. The maximum Gasteiger partial charge on any atom is 0.328 e. The molecule has 0 aliphatic heterocycles. The average Bonchev–Trinajstić information content (AvgIpc) is 2.37. The third-order valence-corrected chi connectivity index (χ3v) is 2.88. The molecule has 0 heterocycles. The van der Waals surface area contributed by atoms with Gasteiger partial charge in [0, 0.05) is 10.6 Å². The van der Waals surface area contributed by atoms with Crippen molar-refractivity contribution in [2.75, 3.05) is 7.11 Å². The summed E-state index contributed by atoms with van der Waals surface area (Å²) >= 11 is 5.85. The second-order valence-electron chi connectivity index (χ2n) is 3.92. The fraction of sp³-hybridized carbons (Fsp3) is 0.385. The molecule has 18 heavy (non-hydrogen) atoms. The van der Waals surface area contributed by atoms with Crippen LogP contribution >= 0.6 is 11.6 Å². The number of carbonyl (C=O) groups excluding carboxylic acids is 2. The summed E-state index contributed by atoms with van der Waals surface area (Å²) in [5, 5.41) is 3.11. The number of aryl methyl sites for hydroxylation is 1. The minimum Gasteiger partial charge on any atom is -0.467 e. The first-order valence-electron chi connectivity index (χ1n) is 5.64. The molecule has 0 aliphatic rings. The number of amides is 1. The topological polar surface area (TPSA) is 55.4 Å². The Morgan fingerprint density at radius 3 is 2.67 bits per heavy atom. The molecule has 0 saturated carbocycles. The molecule has 0 spiro atoms. The van der Waals surface area contributed by atoms with Crippen molar-refractivity contribution in [1.29, 1.82) is 0 Å². The van der Waals surface area contributed by atoms with Gasteiger partial charge in [0.15, 0.2) is 0 Å². The van der Waals surface area contributed by atoms with E-state index < -0.39 is 12.0 Å².